The predicted molar refractivity (Wildman–Crippen MR) is 78.9 cm³/mol. The summed E-state index contributed by atoms with van der Waals surface area (Å²) >= 11 is 5.01. The fraction of sp³-hybridized carbons (Fsp3) is 0.778. The van der Waals surface area contributed by atoms with E-state index in [0.717, 1.165) is 0 Å². The van der Waals surface area contributed by atoms with E-state index in [9.17, 15) is 22.8 Å². The van der Waals surface area contributed by atoms with E-state index >= 15 is 0 Å². The highest BCUT2D eigenvalue weighted by Crippen LogP contribution is 2.35. The van der Waals surface area contributed by atoms with Crippen LogP contribution in [0.5, 0.6) is 0 Å². The number of alkyl halides is 3. The number of carboxylic acids is 1. The Balaban J connectivity index is 6.21. The first-order chi connectivity index (χ1) is 9.98. The van der Waals surface area contributed by atoms with E-state index in [4.69, 9.17) is 16.9 Å². The van der Waals surface area contributed by atoms with Crippen LogP contribution in [0, 0.1) is 0 Å². The molecule has 0 aromatic carbocycles. The van der Waals surface area contributed by atoms with Crippen LogP contribution in [-0.4, -0.2) is 78.3 Å². The summed E-state index contributed by atoms with van der Waals surface area (Å²) in [6.07, 6.45) is -5.23. The van der Waals surface area contributed by atoms with Crippen molar-refractivity contribution in [3.05, 3.63) is 0 Å². The molecule has 0 radical (unpaired) electrons. The number of hydrogen-bond donors (Lipinski definition) is 3. The van der Waals surface area contributed by atoms with Crippen molar-refractivity contribution in [2.45, 2.75) is 11.7 Å². The van der Waals surface area contributed by atoms with Crippen molar-refractivity contribution >= 4 is 31.0 Å². The average molecular weight is 365 g/mol. The molecule has 0 heterocycles. The molecule has 8 nitrogen and oxygen atoms in total. The van der Waals surface area contributed by atoms with Crippen molar-refractivity contribution in [3.63, 3.8) is 0 Å². The monoisotopic (exact) mass is 365 g/mol. The summed E-state index contributed by atoms with van der Waals surface area (Å²) in [6.45, 7) is -1.15. The smallest absolute Gasteiger partial charge is 0.471 e. The number of nitrogens with zero attached hydrogens (tertiary/aromatic N) is 3. The molecule has 1 atom stereocenters. The minimum atomic E-state index is -5.23. The lowest BCUT2D eigenvalue weighted by molar-refractivity contribution is -0.208. The van der Waals surface area contributed by atoms with Crippen LogP contribution in [0.2, 0.25) is 0 Å². The Hall–Kier alpha value is -0.780. The Bertz CT molecular complexity index is 429. The third-order valence-electron chi connectivity index (χ3n) is 2.99. The second-order valence-electron chi connectivity index (χ2n) is 4.15. The number of hydrazine groups is 2. The molecular formula is C9H19F3N5O3PS. The summed E-state index contributed by atoms with van der Waals surface area (Å²) in [7, 11) is 4.30. The molecule has 13 heteroatoms. The van der Waals surface area contributed by atoms with Crippen LogP contribution in [-0.2, 0) is 21.4 Å². The molecular weight excluding hydrogens is 346 g/mol. The molecule has 22 heavy (non-hydrogen) atoms. The van der Waals surface area contributed by atoms with Crippen molar-refractivity contribution < 1.29 is 27.9 Å². The average Bonchev–Trinajstić information content (AvgIpc) is 2.44. The maximum absolute atomic E-state index is 12.9. The van der Waals surface area contributed by atoms with Gasteiger partial charge in [-0.15, -0.1) is 0 Å². The first-order valence-electron chi connectivity index (χ1n) is 5.88. The lowest BCUT2D eigenvalue weighted by Gasteiger charge is -2.50. The first kappa shape index (κ1) is 21.2. The molecule has 0 aliphatic heterocycles. The van der Waals surface area contributed by atoms with Gasteiger partial charge >= 0.3 is 18.1 Å². The largest absolute Gasteiger partial charge is 0.480 e. The van der Waals surface area contributed by atoms with Crippen molar-refractivity contribution in [2.75, 3.05) is 34.7 Å². The van der Waals surface area contributed by atoms with E-state index in [1.165, 1.54) is 38.2 Å². The van der Waals surface area contributed by atoms with E-state index in [0.29, 0.717) is 0 Å². The van der Waals surface area contributed by atoms with Gasteiger partial charge < -0.3 is 5.11 Å². The van der Waals surface area contributed by atoms with Crippen molar-refractivity contribution in [1.82, 2.24) is 25.8 Å². The number of aliphatic carboxylic acids is 1. The Morgan fingerprint density at radius 2 is 1.59 bits per heavy atom. The van der Waals surface area contributed by atoms with Gasteiger partial charge in [-0.3, -0.25) is 25.3 Å². The van der Waals surface area contributed by atoms with E-state index in [2.05, 4.69) is 10.9 Å². The second-order valence-corrected chi connectivity index (χ2v) is 5.87. The molecule has 130 valence electrons. The summed E-state index contributed by atoms with van der Waals surface area (Å²) in [6, 6.07) is 0. The zero-order valence-corrected chi connectivity index (χ0v) is 14.4. The van der Waals surface area contributed by atoms with Gasteiger partial charge in [-0.05, 0) is 21.5 Å². The van der Waals surface area contributed by atoms with Crippen LogP contribution >= 0.6 is 7.36 Å². The summed E-state index contributed by atoms with van der Waals surface area (Å²) < 4.78 is 38.6. The number of nitrogens with one attached hydrogen (secondary N) is 2. The molecule has 0 bridgehead atoms. The lowest BCUT2D eigenvalue weighted by atomic mass is 10.4. The number of carbonyl (C=O) groups excluding carboxylic acids is 1. The molecule has 1 unspecified atom stereocenters. The number of hydrogen-bond acceptors (Lipinski definition) is 7. The van der Waals surface area contributed by atoms with Gasteiger partial charge in [0.2, 0.25) is 5.53 Å². The molecule has 0 aromatic heterocycles. The third-order valence-corrected chi connectivity index (χ3v) is 5.35. The SMILES string of the molecule is CNN(C)C([PH2]=S)(N(C)NC)N(CC(=O)O)C(=O)C(F)(F)F. The van der Waals surface area contributed by atoms with Gasteiger partial charge in [-0.1, -0.05) is 11.8 Å². The molecule has 0 aliphatic carbocycles. The molecule has 1 amide bonds. The molecule has 0 saturated carbocycles. The van der Waals surface area contributed by atoms with Crippen LogP contribution in [0.25, 0.3) is 0 Å². The number of carbonyl (C=O) groups is 2. The van der Waals surface area contributed by atoms with Gasteiger partial charge in [0.15, 0.2) is 0 Å². The normalized spacial score (nSPS) is 13.3. The topological polar surface area (TPSA) is 88.2 Å². The van der Waals surface area contributed by atoms with Gasteiger partial charge in [-0.25, -0.2) is 10.0 Å². The molecule has 0 aromatic rings. The lowest BCUT2D eigenvalue weighted by Crippen LogP contribution is -2.72. The van der Waals surface area contributed by atoms with Crippen molar-refractivity contribution in [1.29, 1.82) is 0 Å². The summed E-state index contributed by atoms with van der Waals surface area (Å²) in [5.41, 5.74) is 3.38. The van der Waals surface area contributed by atoms with Crippen LogP contribution in [0.4, 0.5) is 13.2 Å². The second kappa shape index (κ2) is 8.18. The zero-order valence-electron chi connectivity index (χ0n) is 12.4. The van der Waals surface area contributed by atoms with Crippen LogP contribution < -0.4 is 10.9 Å². The minimum Gasteiger partial charge on any atom is -0.480 e. The van der Waals surface area contributed by atoms with Crippen LogP contribution in [0.15, 0.2) is 0 Å². The fourth-order valence-electron chi connectivity index (χ4n) is 1.76. The zero-order chi connectivity index (χ0) is 17.7. The van der Waals surface area contributed by atoms with Crippen LogP contribution in [0.3, 0.4) is 0 Å². The molecule has 0 fully saturated rings. The first-order valence-corrected chi connectivity index (χ1v) is 8.34. The minimum absolute atomic E-state index is 0.199. The highest BCUT2D eigenvalue weighted by Gasteiger charge is 2.53. The van der Waals surface area contributed by atoms with E-state index in [-0.39, 0.29) is 4.90 Å². The van der Waals surface area contributed by atoms with E-state index < -0.39 is 37.5 Å². The molecule has 0 aliphatic rings. The predicted octanol–water partition coefficient (Wildman–Crippen LogP) is -0.922. The molecule has 0 rings (SSSR count). The Kier molecular flexibility index (Phi) is 7.89. The van der Waals surface area contributed by atoms with Crippen molar-refractivity contribution in [3.8, 4) is 0 Å². The summed E-state index contributed by atoms with van der Waals surface area (Å²) in [4.78, 5) is 22.9. The summed E-state index contributed by atoms with van der Waals surface area (Å²) in [5.74, 6) is -3.87. The maximum atomic E-state index is 12.9. The fourth-order valence-corrected chi connectivity index (χ4v) is 4.00. The quantitative estimate of drug-likeness (QED) is 0.289. The van der Waals surface area contributed by atoms with Gasteiger partial charge in [0, 0.05) is 14.1 Å². The van der Waals surface area contributed by atoms with Gasteiger partial charge in [-0.2, -0.15) is 13.2 Å². The number of carboxylic acid groups (broad SMARTS) is 1. The Labute approximate surface area is 132 Å². The van der Waals surface area contributed by atoms with Crippen LogP contribution in [0.1, 0.15) is 0 Å². The third kappa shape index (κ3) is 4.37. The highest BCUT2D eigenvalue weighted by molar-refractivity contribution is 7.97. The van der Waals surface area contributed by atoms with Gasteiger partial charge in [0.1, 0.15) is 6.54 Å². The number of rotatable bonds is 8. The van der Waals surface area contributed by atoms with Crippen molar-refractivity contribution in [2.24, 2.45) is 0 Å². The number of amides is 1. The summed E-state index contributed by atoms with van der Waals surface area (Å²) in [5, 5.41) is 11.2. The van der Waals surface area contributed by atoms with Gasteiger partial charge in [0.25, 0.3) is 0 Å². The molecule has 0 spiro atoms. The number of halogens is 3. The molecule has 0 saturated heterocycles. The highest BCUT2D eigenvalue weighted by atomic mass is 32.4. The molecule has 3 N–H and O–H groups in total. The van der Waals surface area contributed by atoms with E-state index in [1.807, 2.05) is 0 Å². The maximum Gasteiger partial charge on any atom is 0.471 e. The Morgan fingerprint density at radius 3 is 1.82 bits per heavy atom. The standard InChI is InChI=1S/C9H19F3N5O3PS/c1-13-15(3)9(21-22,16(4)14-2)17(5-6(18)19)7(20)8(10,11)12/h13-14H,5,21H2,1-4H3,(H,18,19). The van der Waals surface area contributed by atoms with E-state index in [1.54, 1.807) is 0 Å². The van der Waals surface area contributed by atoms with Gasteiger partial charge in [0.05, 0.1) is 0 Å². The Morgan fingerprint density at radius 1 is 1.18 bits per heavy atom.